The topological polar surface area (TPSA) is 71.2 Å². The molecule has 0 spiro atoms. The number of aliphatic hydroxyl groups is 1. The minimum atomic E-state index is -4.41. The van der Waals surface area contributed by atoms with Crippen molar-refractivity contribution in [3.05, 3.63) is 70.7 Å². The molecule has 1 N–H and O–H groups in total. The Morgan fingerprint density at radius 3 is 2.28 bits per heavy atom. The van der Waals surface area contributed by atoms with Crippen LogP contribution >= 0.6 is 0 Å². The lowest BCUT2D eigenvalue weighted by atomic mass is 9.83. The number of aromatic nitrogens is 3. The predicted octanol–water partition coefficient (Wildman–Crippen LogP) is 5.32. The third kappa shape index (κ3) is 5.46. The molecule has 2 aromatic heterocycles. The summed E-state index contributed by atoms with van der Waals surface area (Å²) in [6.07, 6.45) is 0.705. The van der Waals surface area contributed by atoms with Gasteiger partial charge in [-0.1, -0.05) is 6.07 Å². The lowest BCUT2D eigenvalue weighted by molar-refractivity contribution is -0.137. The molecule has 3 heterocycles. The second-order valence-corrected chi connectivity index (χ2v) is 10.1. The number of nitrogens with zero attached hydrogens (tertiary/aromatic N) is 4. The molecule has 36 heavy (non-hydrogen) atoms. The lowest BCUT2D eigenvalue weighted by Gasteiger charge is -2.38. The first-order chi connectivity index (χ1) is 16.8. The maximum absolute atomic E-state index is 13.0. The lowest BCUT2D eigenvalue weighted by Crippen LogP contribution is -2.42. The first-order valence-electron chi connectivity index (χ1n) is 12.0. The average molecular weight is 501 g/mol. The molecule has 0 radical (unpaired) electrons. The van der Waals surface area contributed by atoms with E-state index in [2.05, 4.69) is 15.0 Å². The first kappa shape index (κ1) is 25.9. The molecule has 1 aromatic carbocycles. The van der Waals surface area contributed by atoms with Crippen LogP contribution in [0.25, 0.3) is 5.69 Å². The summed E-state index contributed by atoms with van der Waals surface area (Å²) in [6.45, 7) is 9.06. The van der Waals surface area contributed by atoms with E-state index in [0.717, 1.165) is 55.0 Å². The van der Waals surface area contributed by atoms with Gasteiger partial charge < -0.3 is 10.0 Å². The van der Waals surface area contributed by atoms with Crippen molar-refractivity contribution in [1.82, 2.24) is 14.8 Å². The number of piperidine rings is 1. The van der Waals surface area contributed by atoms with Crippen LogP contribution in [0.2, 0.25) is 0 Å². The molecule has 1 saturated heterocycles. The smallest absolute Gasteiger partial charge is 0.390 e. The Morgan fingerprint density at radius 1 is 1.08 bits per heavy atom. The van der Waals surface area contributed by atoms with Crippen molar-refractivity contribution < 1.29 is 23.1 Å². The SMILES string of the molecule is Cc1cc(CC(=O)c2cnn(-c3ccc(C(F)(F)F)cc3)c2C)cnc1N1CCC(C(C)(C)O)CC1. The van der Waals surface area contributed by atoms with Gasteiger partial charge in [0.1, 0.15) is 5.82 Å². The van der Waals surface area contributed by atoms with Crippen LogP contribution in [0.3, 0.4) is 0 Å². The van der Waals surface area contributed by atoms with Crippen LogP contribution < -0.4 is 4.90 Å². The van der Waals surface area contributed by atoms with Crippen molar-refractivity contribution in [2.24, 2.45) is 5.92 Å². The van der Waals surface area contributed by atoms with Gasteiger partial charge in [0.15, 0.2) is 5.78 Å². The minimum absolute atomic E-state index is 0.134. The summed E-state index contributed by atoms with van der Waals surface area (Å²) in [4.78, 5) is 19.9. The van der Waals surface area contributed by atoms with Crippen LogP contribution in [0.4, 0.5) is 19.0 Å². The molecule has 6 nitrogen and oxygen atoms in total. The zero-order chi connectivity index (χ0) is 26.3. The fourth-order valence-electron chi connectivity index (χ4n) is 4.87. The highest BCUT2D eigenvalue weighted by Gasteiger charge is 2.32. The van der Waals surface area contributed by atoms with Crippen LogP contribution in [0.5, 0.6) is 0 Å². The quantitative estimate of drug-likeness (QED) is 0.464. The summed E-state index contributed by atoms with van der Waals surface area (Å²) in [6, 6.07) is 6.65. The number of alkyl halides is 3. The molecule has 3 aromatic rings. The van der Waals surface area contributed by atoms with E-state index in [-0.39, 0.29) is 18.1 Å². The van der Waals surface area contributed by atoms with Crippen LogP contribution in [-0.4, -0.2) is 44.3 Å². The number of anilines is 1. The van der Waals surface area contributed by atoms with E-state index < -0.39 is 17.3 Å². The highest BCUT2D eigenvalue weighted by Crippen LogP contribution is 2.32. The largest absolute Gasteiger partial charge is 0.416 e. The summed E-state index contributed by atoms with van der Waals surface area (Å²) >= 11 is 0. The normalized spacial score (nSPS) is 15.4. The van der Waals surface area contributed by atoms with Crippen molar-refractivity contribution >= 4 is 11.6 Å². The molecule has 0 atom stereocenters. The van der Waals surface area contributed by atoms with Crippen molar-refractivity contribution in [2.75, 3.05) is 18.0 Å². The van der Waals surface area contributed by atoms with Gasteiger partial charge in [0.25, 0.3) is 0 Å². The number of hydrogen-bond donors (Lipinski definition) is 1. The molecular formula is C27H31F3N4O2. The van der Waals surface area contributed by atoms with Crippen LogP contribution in [-0.2, 0) is 12.6 Å². The van der Waals surface area contributed by atoms with Gasteiger partial charge >= 0.3 is 6.18 Å². The summed E-state index contributed by atoms with van der Waals surface area (Å²) in [7, 11) is 0. The number of carbonyl (C=O) groups is 1. The summed E-state index contributed by atoms with van der Waals surface area (Å²) in [5, 5.41) is 14.5. The third-order valence-corrected chi connectivity index (χ3v) is 7.01. The number of Topliss-reactive ketones (excluding diaryl/α,β-unsaturated/α-hetero) is 1. The van der Waals surface area contributed by atoms with Gasteiger partial charge in [-0.25, -0.2) is 9.67 Å². The molecule has 1 aliphatic rings. The second-order valence-electron chi connectivity index (χ2n) is 10.1. The fourth-order valence-corrected chi connectivity index (χ4v) is 4.87. The van der Waals surface area contributed by atoms with Crippen molar-refractivity contribution in [2.45, 2.75) is 58.7 Å². The number of hydrogen-bond acceptors (Lipinski definition) is 5. The number of carbonyl (C=O) groups excluding carboxylic acids is 1. The molecule has 192 valence electrons. The summed E-state index contributed by atoms with van der Waals surface area (Å²) in [5.41, 5.74) is 1.79. The fraction of sp³-hybridized carbons (Fsp3) is 0.444. The predicted molar refractivity (Wildman–Crippen MR) is 132 cm³/mol. The molecule has 4 rings (SSSR count). The Hall–Kier alpha value is -3.20. The Morgan fingerprint density at radius 2 is 1.72 bits per heavy atom. The van der Waals surface area contributed by atoms with Gasteiger partial charge in [0.2, 0.25) is 0 Å². The molecule has 9 heteroatoms. The number of halogens is 3. The monoisotopic (exact) mass is 500 g/mol. The zero-order valence-electron chi connectivity index (χ0n) is 20.9. The van der Waals surface area contributed by atoms with Gasteiger partial charge in [-0.05, 0) is 81.8 Å². The van der Waals surface area contributed by atoms with Crippen molar-refractivity contribution in [3.8, 4) is 5.69 Å². The molecule has 1 fully saturated rings. The maximum atomic E-state index is 13.0. The maximum Gasteiger partial charge on any atom is 0.416 e. The Balaban J connectivity index is 1.44. The highest BCUT2D eigenvalue weighted by atomic mass is 19.4. The number of aryl methyl sites for hydroxylation is 1. The Labute approximate surface area is 208 Å². The van der Waals surface area contributed by atoms with Gasteiger partial charge in [0, 0.05) is 25.7 Å². The van der Waals surface area contributed by atoms with E-state index in [1.54, 1.807) is 13.1 Å². The van der Waals surface area contributed by atoms with E-state index in [1.807, 2.05) is 26.8 Å². The van der Waals surface area contributed by atoms with E-state index in [0.29, 0.717) is 16.9 Å². The Bertz CT molecular complexity index is 1240. The molecule has 0 saturated carbocycles. The standard InChI is InChI=1S/C27H31F3N4O2/c1-17-13-19(15-31-25(17)33-11-9-20(10-12-33)26(3,4)36)14-24(35)23-16-32-34(18(23)2)22-7-5-21(6-8-22)27(28,29)30/h5-8,13,15-16,20,36H,9-12,14H2,1-4H3. The second kappa shape index (κ2) is 9.69. The first-order valence-corrected chi connectivity index (χ1v) is 12.0. The number of ketones is 1. The molecule has 0 bridgehead atoms. The van der Waals surface area contributed by atoms with Crippen molar-refractivity contribution in [3.63, 3.8) is 0 Å². The van der Waals surface area contributed by atoms with Crippen molar-refractivity contribution in [1.29, 1.82) is 0 Å². The highest BCUT2D eigenvalue weighted by molar-refractivity contribution is 5.98. The van der Waals surface area contributed by atoms with E-state index in [9.17, 15) is 23.1 Å². The average Bonchev–Trinajstić information content (AvgIpc) is 3.19. The summed E-state index contributed by atoms with van der Waals surface area (Å²) in [5.74, 6) is 1.02. The van der Waals surface area contributed by atoms with Gasteiger partial charge in [0.05, 0.1) is 34.3 Å². The number of rotatable bonds is 6. The van der Waals surface area contributed by atoms with Gasteiger partial charge in [-0.3, -0.25) is 4.79 Å². The summed E-state index contributed by atoms with van der Waals surface area (Å²) < 4.78 is 40.0. The molecule has 1 aliphatic heterocycles. The van der Waals surface area contributed by atoms with Crippen LogP contribution in [0, 0.1) is 19.8 Å². The van der Waals surface area contributed by atoms with E-state index in [4.69, 9.17) is 0 Å². The van der Waals surface area contributed by atoms with Crippen LogP contribution in [0.1, 0.15) is 59.4 Å². The van der Waals surface area contributed by atoms with E-state index in [1.165, 1.54) is 23.0 Å². The van der Waals surface area contributed by atoms with Gasteiger partial charge in [-0.15, -0.1) is 0 Å². The molecule has 0 amide bonds. The van der Waals surface area contributed by atoms with E-state index >= 15 is 0 Å². The number of pyridine rings is 1. The third-order valence-electron chi connectivity index (χ3n) is 7.01. The van der Waals surface area contributed by atoms with Crippen LogP contribution in [0.15, 0.2) is 42.7 Å². The molecule has 0 aliphatic carbocycles. The molecule has 0 unspecified atom stereocenters. The zero-order valence-corrected chi connectivity index (χ0v) is 20.9. The minimum Gasteiger partial charge on any atom is -0.390 e. The molecular weight excluding hydrogens is 469 g/mol. The Kier molecular flexibility index (Phi) is 6.96. The van der Waals surface area contributed by atoms with Gasteiger partial charge in [-0.2, -0.15) is 18.3 Å². The number of benzene rings is 1.